The number of nitrogens with one attached hydrogen (secondary N) is 1. The number of rotatable bonds is 2. The number of benzene rings is 3. The molecule has 208 valence electrons. The Kier molecular flexibility index (Phi) is 11.9. The number of hydrogen-bond donors (Lipinski definition) is 2. The Bertz CT molecular complexity index is 1170. The van der Waals surface area contributed by atoms with Crippen molar-refractivity contribution in [1.29, 1.82) is 0 Å². The molecule has 0 bridgehead atoms. The second kappa shape index (κ2) is 16.1. The maximum Gasteiger partial charge on any atom is 0.336 e. The minimum absolute atomic E-state index is 0.388. The van der Waals surface area contributed by atoms with E-state index in [-0.39, 0.29) is 0 Å². The number of hydrogen-bond acceptors (Lipinski definition) is 3. The molecule has 2 aliphatic rings. The molecule has 0 aromatic heterocycles. The van der Waals surface area contributed by atoms with Gasteiger partial charge in [-0.15, -0.1) is 0 Å². The van der Waals surface area contributed by atoms with E-state index in [0.29, 0.717) is 5.56 Å². The van der Waals surface area contributed by atoms with Gasteiger partial charge in [-0.2, -0.15) is 5.10 Å². The van der Waals surface area contributed by atoms with Crippen molar-refractivity contribution < 1.29 is 9.90 Å². The minimum atomic E-state index is -0.877. The molecule has 0 saturated heterocycles. The number of carboxylic acid groups (broad SMARTS) is 1. The zero-order valence-electron chi connectivity index (χ0n) is 23.6. The number of aromatic carboxylic acids is 1. The van der Waals surface area contributed by atoms with Crippen LogP contribution in [0.4, 0.5) is 0 Å². The lowest BCUT2D eigenvalue weighted by Gasteiger charge is -2.12. The molecule has 0 amide bonds. The molecule has 1 aliphatic carbocycles. The molecule has 0 unspecified atom stereocenters. The Morgan fingerprint density at radius 3 is 1.85 bits per heavy atom. The zero-order chi connectivity index (χ0) is 27.1. The van der Waals surface area contributed by atoms with Crippen LogP contribution in [0.3, 0.4) is 0 Å². The maximum absolute atomic E-state index is 11.4. The quantitative estimate of drug-likeness (QED) is 0.327. The van der Waals surface area contributed by atoms with Crippen LogP contribution < -0.4 is 5.43 Å². The van der Waals surface area contributed by atoms with Gasteiger partial charge < -0.3 is 10.5 Å². The van der Waals surface area contributed by atoms with Crippen LogP contribution in [0, 0.1) is 0 Å². The van der Waals surface area contributed by atoms with Crippen molar-refractivity contribution in [3.8, 4) is 0 Å². The van der Waals surface area contributed by atoms with Crippen molar-refractivity contribution in [3.05, 3.63) is 71.8 Å². The highest BCUT2D eigenvalue weighted by atomic mass is 16.4. The van der Waals surface area contributed by atoms with Crippen LogP contribution in [-0.2, 0) is 0 Å². The fourth-order valence-electron chi connectivity index (χ4n) is 5.87. The topological polar surface area (TPSA) is 61.7 Å². The Balaban J connectivity index is 0.000000186. The summed E-state index contributed by atoms with van der Waals surface area (Å²) in [7, 11) is 0. The molecule has 3 aromatic rings. The van der Waals surface area contributed by atoms with Gasteiger partial charge in [0.1, 0.15) is 0 Å². The third-order valence-corrected chi connectivity index (χ3v) is 8.06. The zero-order valence-corrected chi connectivity index (χ0v) is 23.6. The fourth-order valence-corrected chi connectivity index (χ4v) is 5.87. The minimum Gasteiger partial charge on any atom is -0.478 e. The normalized spacial score (nSPS) is 18.3. The SMILES string of the molecule is C1=C(C2=NNCCCCCCCC2)CCCCCCCCC1.O=C(O)c1c2ccccc2cc2ccccc12. The summed E-state index contributed by atoms with van der Waals surface area (Å²) in [4.78, 5) is 11.4. The first-order valence-corrected chi connectivity index (χ1v) is 15.4. The molecular weight excluding hydrogens is 480 g/mol. The van der Waals surface area contributed by atoms with Crippen LogP contribution in [-0.4, -0.2) is 23.3 Å². The van der Waals surface area contributed by atoms with Gasteiger partial charge in [0.2, 0.25) is 0 Å². The van der Waals surface area contributed by atoms with Gasteiger partial charge >= 0.3 is 5.97 Å². The van der Waals surface area contributed by atoms with Gasteiger partial charge in [-0.05, 0) is 78.1 Å². The van der Waals surface area contributed by atoms with Gasteiger partial charge in [-0.3, -0.25) is 0 Å². The second-order valence-corrected chi connectivity index (χ2v) is 11.1. The number of nitrogens with zero attached hydrogens (tertiary/aromatic N) is 1. The van der Waals surface area contributed by atoms with Crippen molar-refractivity contribution in [2.45, 2.75) is 103 Å². The van der Waals surface area contributed by atoms with E-state index in [2.05, 4.69) is 11.5 Å². The summed E-state index contributed by atoms with van der Waals surface area (Å²) in [6.07, 6.45) is 24.2. The van der Waals surface area contributed by atoms with Gasteiger partial charge in [0.05, 0.1) is 11.3 Å². The van der Waals surface area contributed by atoms with Crippen LogP contribution in [0.1, 0.15) is 113 Å². The largest absolute Gasteiger partial charge is 0.478 e. The number of fused-ring (bicyclic) bond motifs is 2. The molecule has 4 nitrogen and oxygen atoms in total. The number of hydrazone groups is 1. The summed E-state index contributed by atoms with van der Waals surface area (Å²) in [6.45, 7) is 1.05. The van der Waals surface area contributed by atoms with E-state index in [4.69, 9.17) is 5.10 Å². The molecular formula is C35H46N2O2. The maximum atomic E-state index is 11.4. The summed E-state index contributed by atoms with van der Waals surface area (Å²) in [5.74, 6) is -0.877. The molecule has 0 radical (unpaired) electrons. The third kappa shape index (κ3) is 8.95. The highest BCUT2D eigenvalue weighted by Crippen LogP contribution is 2.28. The molecule has 2 N–H and O–H groups in total. The van der Waals surface area contributed by atoms with Gasteiger partial charge in [0.15, 0.2) is 0 Å². The Morgan fingerprint density at radius 1 is 0.667 bits per heavy atom. The van der Waals surface area contributed by atoms with Crippen LogP contribution >= 0.6 is 0 Å². The van der Waals surface area contributed by atoms with E-state index < -0.39 is 5.97 Å². The van der Waals surface area contributed by atoms with Gasteiger partial charge in [-0.1, -0.05) is 112 Å². The lowest BCUT2D eigenvalue weighted by molar-refractivity contribution is 0.0701. The Hall–Kier alpha value is -3.14. The lowest BCUT2D eigenvalue weighted by atomic mass is 9.97. The molecule has 39 heavy (non-hydrogen) atoms. The standard InChI is InChI=1S/C20H36N2.C15H10O2/c1-2-4-8-12-16-19(15-11-7-3-1)20-17-13-9-5-6-10-14-18-21-22-20;16-15(17)14-12-7-3-1-5-10(12)9-11-6-2-4-8-13(11)14/h15,21H,1-14,16-18H2;1-9H,(H,16,17). The monoisotopic (exact) mass is 526 g/mol. The average molecular weight is 527 g/mol. The number of carboxylic acids is 1. The third-order valence-electron chi connectivity index (χ3n) is 8.06. The van der Waals surface area contributed by atoms with Crippen molar-refractivity contribution >= 4 is 33.2 Å². The first-order chi connectivity index (χ1) is 19.2. The Morgan fingerprint density at radius 2 is 1.21 bits per heavy atom. The molecule has 5 rings (SSSR count). The van der Waals surface area contributed by atoms with Gasteiger partial charge in [0.25, 0.3) is 0 Å². The Labute approximate surface area is 234 Å². The smallest absolute Gasteiger partial charge is 0.336 e. The van der Waals surface area contributed by atoms with Gasteiger partial charge in [-0.25, -0.2) is 4.79 Å². The van der Waals surface area contributed by atoms with E-state index in [0.717, 1.165) is 28.1 Å². The molecule has 3 aromatic carbocycles. The van der Waals surface area contributed by atoms with Crippen LogP contribution in [0.15, 0.2) is 71.3 Å². The lowest BCUT2D eigenvalue weighted by Crippen LogP contribution is -2.14. The summed E-state index contributed by atoms with van der Waals surface area (Å²) >= 11 is 0. The van der Waals surface area contributed by atoms with Crippen molar-refractivity contribution in [3.63, 3.8) is 0 Å². The molecule has 0 fully saturated rings. The van der Waals surface area contributed by atoms with Crippen LogP contribution in [0.25, 0.3) is 21.5 Å². The number of allylic oxidation sites excluding steroid dienone is 2. The first-order valence-electron chi connectivity index (χ1n) is 15.4. The number of carbonyl (C=O) groups is 1. The highest BCUT2D eigenvalue weighted by molar-refractivity contribution is 6.15. The van der Waals surface area contributed by atoms with Crippen molar-refractivity contribution in [2.24, 2.45) is 5.10 Å². The predicted molar refractivity (Wildman–Crippen MR) is 166 cm³/mol. The average Bonchev–Trinajstić information content (AvgIpc) is 3.06. The van der Waals surface area contributed by atoms with Crippen molar-refractivity contribution in [2.75, 3.05) is 6.54 Å². The molecule has 1 aliphatic heterocycles. The van der Waals surface area contributed by atoms with E-state index in [1.54, 1.807) is 5.57 Å². The summed E-state index contributed by atoms with van der Waals surface area (Å²) < 4.78 is 0. The first kappa shape index (κ1) is 28.9. The molecule has 4 heteroatoms. The summed E-state index contributed by atoms with van der Waals surface area (Å²) in [5, 5.41) is 17.7. The molecule has 1 heterocycles. The predicted octanol–water partition coefficient (Wildman–Crippen LogP) is 9.82. The molecule has 0 spiro atoms. The van der Waals surface area contributed by atoms with Crippen LogP contribution in [0.2, 0.25) is 0 Å². The van der Waals surface area contributed by atoms with Gasteiger partial charge in [0, 0.05) is 6.54 Å². The molecule has 0 atom stereocenters. The van der Waals surface area contributed by atoms with E-state index >= 15 is 0 Å². The highest BCUT2D eigenvalue weighted by Gasteiger charge is 2.13. The molecule has 0 saturated carbocycles. The van der Waals surface area contributed by atoms with Crippen LogP contribution in [0.5, 0.6) is 0 Å². The van der Waals surface area contributed by atoms with Crippen molar-refractivity contribution in [1.82, 2.24) is 5.43 Å². The van der Waals surface area contributed by atoms with E-state index in [1.807, 2.05) is 54.6 Å². The fraction of sp³-hybridized carbons (Fsp3) is 0.486. The second-order valence-electron chi connectivity index (χ2n) is 11.1. The summed E-state index contributed by atoms with van der Waals surface area (Å²) in [5.41, 5.74) is 6.68. The summed E-state index contributed by atoms with van der Waals surface area (Å²) in [6, 6.07) is 17.2. The van der Waals surface area contributed by atoms with E-state index in [9.17, 15) is 9.90 Å². The van der Waals surface area contributed by atoms with E-state index in [1.165, 1.54) is 108 Å².